The molecule has 1 heterocycles. The van der Waals surface area contributed by atoms with Crippen molar-refractivity contribution in [3.8, 4) is 0 Å². The maximum absolute atomic E-state index is 12.6. The monoisotopic (exact) mass is 377 g/mol. The van der Waals surface area contributed by atoms with Gasteiger partial charge in [-0.25, -0.2) is 0 Å². The van der Waals surface area contributed by atoms with E-state index in [9.17, 15) is 14.4 Å². The lowest BCUT2D eigenvalue weighted by molar-refractivity contribution is -0.122. The van der Waals surface area contributed by atoms with E-state index in [4.69, 9.17) is 0 Å². The average molecular weight is 377 g/mol. The lowest BCUT2D eigenvalue weighted by Crippen LogP contribution is -2.28. The summed E-state index contributed by atoms with van der Waals surface area (Å²) in [5.41, 5.74) is 4.89. The zero-order valence-corrected chi connectivity index (χ0v) is 15.8. The largest absolute Gasteiger partial charge is 0.326 e. The van der Waals surface area contributed by atoms with Crippen LogP contribution >= 0.6 is 0 Å². The molecule has 1 aliphatic heterocycles. The number of anilines is 3. The fraction of sp³-hybridized carbons (Fsp3) is 0.318. The normalized spacial score (nSPS) is 18.1. The maximum atomic E-state index is 12.6. The summed E-state index contributed by atoms with van der Waals surface area (Å²) >= 11 is 0. The van der Waals surface area contributed by atoms with Gasteiger partial charge in [-0.3, -0.25) is 14.4 Å². The minimum atomic E-state index is -0.379. The molecule has 6 nitrogen and oxygen atoms in total. The summed E-state index contributed by atoms with van der Waals surface area (Å²) in [6.07, 6.45) is 3.55. The number of hydrogen-bond donors (Lipinski definition) is 2. The number of aryl methyl sites for hydroxylation is 2. The Kier molecular flexibility index (Phi) is 4.86. The molecule has 1 saturated heterocycles. The lowest BCUT2D eigenvalue weighted by atomic mass is 10.1. The maximum Gasteiger partial charge on any atom is 0.229 e. The summed E-state index contributed by atoms with van der Waals surface area (Å²) in [5, 5.41) is 5.55. The van der Waals surface area contributed by atoms with Crippen molar-refractivity contribution in [1.82, 2.24) is 0 Å². The molecule has 1 unspecified atom stereocenters. The Morgan fingerprint density at radius 3 is 2.36 bits per heavy atom. The van der Waals surface area contributed by atoms with Gasteiger partial charge in [0.25, 0.3) is 0 Å². The first-order valence-corrected chi connectivity index (χ1v) is 9.60. The van der Waals surface area contributed by atoms with Crippen molar-refractivity contribution in [2.24, 2.45) is 5.92 Å². The van der Waals surface area contributed by atoms with Gasteiger partial charge < -0.3 is 15.5 Å². The van der Waals surface area contributed by atoms with Gasteiger partial charge in [0.1, 0.15) is 0 Å². The summed E-state index contributed by atoms with van der Waals surface area (Å²) in [7, 11) is 0. The van der Waals surface area contributed by atoms with Crippen molar-refractivity contribution in [2.45, 2.75) is 32.6 Å². The average Bonchev–Trinajstić information content (AvgIpc) is 3.28. The molecule has 4 rings (SSSR count). The summed E-state index contributed by atoms with van der Waals surface area (Å²) in [6, 6.07) is 13.1. The van der Waals surface area contributed by atoms with Gasteiger partial charge in [0.2, 0.25) is 17.7 Å². The molecule has 0 saturated carbocycles. The van der Waals surface area contributed by atoms with Crippen LogP contribution in [0.15, 0.2) is 42.5 Å². The second-order valence-corrected chi connectivity index (χ2v) is 7.46. The first-order chi connectivity index (χ1) is 13.5. The van der Waals surface area contributed by atoms with Crippen molar-refractivity contribution in [3.63, 3.8) is 0 Å². The van der Waals surface area contributed by atoms with E-state index in [-0.39, 0.29) is 30.1 Å². The number of fused-ring (bicyclic) bond motifs is 1. The lowest BCUT2D eigenvalue weighted by Gasteiger charge is -2.18. The number of rotatable bonds is 4. The quantitative estimate of drug-likeness (QED) is 0.859. The van der Waals surface area contributed by atoms with Crippen molar-refractivity contribution < 1.29 is 14.4 Å². The van der Waals surface area contributed by atoms with E-state index in [0.29, 0.717) is 17.9 Å². The molecule has 2 aromatic carbocycles. The van der Waals surface area contributed by atoms with E-state index in [0.717, 1.165) is 18.5 Å². The molecule has 1 aliphatic carbocycles. The number of benzene rings is 2. The first kappa shape index (κ1) is 18.2. The van der Waals surface area contributed by atoms with E-state index < -0.39 is 0 Å². The number of hydrogen-bond acceptors (Lipinski definition) is 3. The smallest absolute Gasteiger partial charge is 0.229 e. The van der Waals surface area contributed by atoms with Gasteiger partial charge >= 0.3 is 0 Å². The standard InChI is InChI=1S/C22H23N3O3/c1-14(26)23-18-6-8-19(9-7-18)24-22(28)17-12-21(27)25(13-17)20-10-5-15-3-2-4-16(15)11-20/h5-11,17H,2-4,12-13H2,1H3,(H,23,26)(H,24,28). The highest BCUT2D eigenvalue weighted by molar-refractivity contribution is 6.03. The Morgan fingerprint density at radius 2 is 1.64 bits per heavy atom. The minimum Gasteiger partial charge on any atom is -0.326 e. The number of carbonyl (C=O) groups excluding carboxylic acids is 3. The van der Waals surface area contributed by atoms with Crippen LogP contribution in [0.1, 0.15) is 30.9 Å². The molecule has 2 aliphatic rings. The number of amides is 3. The van der Waals surface area contributed by atoms with Gasteiger partial charge in [-0.2, -0.15) is 0 Å². The summed E-state index contributed by atoms with van der Waals surface area (Å²) < 4.78 is 0. The molecule has 2 aromatic rings. The third-order valence-corrected chi connectivity index (χ3v) is 5.36. The van der Waals surface area contributed by atoms with E-state index in [1.165, 1.54) is 24.5 Å². The molecule has 0 aromatic heterocycles. The summed E-state index contributed by atoms with van der Waals surface area (Å²) in [5.74, 6) is -0.702. The molecule has 28 heavy (non-hydrogen) atoms. The molecule has 0 spiro atoms. The van der Waals surface area contributed by atoms with Crippen molar-refractivity contribution in [3.05, 3.63) is 53.6 Å². The minimum absolute atomic E-state index is 0.0147. The Morgan fingerprint density at radius 1 is 0.964 bits per heavy atom. The van der Waals surface area contributed by atoms with Gasteiger partial charge in [0.15, 0.2) is 0 Å². The molecular formula is C22H23N3O3. The van der Waals surface area contributed by atoms with E-state index in [1.54, 1.807) is 29.2 Å². The Bertz CT molecular complexity index is 937. The van der Waals surface area contributed by atoms with Crippen LogP contribution in [-0.2, 0) is 27.2 Å². The van der Waals surface area contributed by atoms with Crippen LogP contribution in [0.25, 0.3) is 0 Å². The van der Waals surface area contributed by atoms with Crippen LogP contribution in [0.5, 0.6) is 0 Å². The van der Waals surface area contributed by atoms with Crippen molar-refractivity contribution in [1.29, 1.82) is 0 Å². The van der Waals surface area contributed by atoms with Gasteiger partial charge in [0, 0.05) is 37.0 Å². The zero-order chi connectivity index (χ0) is 19.7. The van der Waals surface area contributed by atoms with Gasteiger partial charge in [-0.1, -0.05) is 6.07 Å². The highest BCUT2D eigenvalue weighted by Crippen LogP contribution is 2.31. The third-order valence-electron chi connectivity index (χ3n) is 5.36. The predicted octanol–water partition coefficient (Wildman–Crippen LogP) is 3.13. The van der Waals surface area contributed by atoms with Crippen LogP contribution < -0.4 is 15.5 Å². The Hall–Kier alpha value is -3.15. The number of nitrogens with one attached hydrogen (secondary N) is 2. The molecule has 2 N–H and O–H groups in total. The number of nitrogens with zero attached hydrogens (tertiary/aromatic N) is 1. The Labute approximate surface area is 163 Å². The van der Waals surface area contributed by atoms with Crippen LogP contribution in [0.4, 0.5) is 17.1 Å². The van der Waals surface area contributed by atoms with Crippen molar-refractivity contribution >= 4 is 34.8 Å². The second-order valence-electron chi connectivity index (χ2n) is 7.46. The van der Waals surface area contributed by atoms with Crippen LogP contribution in [-0.4, -0.2) is 24.3 Å². The zero-order valence-electron chi connectivity index (χ0n) is 15.8. The predicted molar refractivity (Wildman–Crippen MR) is 108 cm³/mol. The molecule has 6 heteroatoms. The molecule has 3 amide bonds. The topological polar surface area (TPSA) is 78.5 Å². The van der Waals surface area contributed by atoms with Gasteiger partial charge in [0.05, 0.1) is 5.92 Å². The fourth-order valence-corrected chi connectivity index (χ4v) is 3.94. The fourth-order valence-electron chi connectivity index (χ4n) is 3.94. The highest BCUT2D eigenvalue weighted by atomic mass is 16.2. The van der Waals surface area contributed by atoms with Gasteiger partial charge in [-0.05, 0) is 66.8 Å². The second kappa shape index (κ2) is 7.46. The molecule has 0 radical (unpaired) electrons. The number of carbonyl (C=O) groups is 3. The van der Waals surface area contributed by atoms with Crippen molar-refractivity contribution in [2.75, 3.05) is 22.1 Å². The summed E-state index contributed by atoms with van der Waals surface area (Å²) in [6.45, 7) is 1.84. The highest BCUT2D eigenvalue weighted by Gasteiger charge is 2.35. The van der Waals surface area contributed by atoms with Gasteiger partial charge in [-0.15, -0.1) is 0 Å². The molecule has 144 valence electrons. The molecule has 0 bridgehead atoms. The first-order valence-electron chi connectivity index (χ1n) is 9.60. The van der Waals surface area contributed by atoms with E-state index in [1.807, 2.05) is 6.07 Å². The molecule has 1 fully saturated rings. The Balaban J connectivity index is 1.40. The SMILES string of the molecule is CC(=O)Nc1ccc(NC(=O)C2CC(=O)N(c3ccc4c(c3)CCC4)C2)cc1. The van der Waals surface area contributed by atoms with Crippen LogP contribution in [0, 0.1) is 5.92 Å². The van der Waals surface area contributed by atoms with Crippen LogP contribution in [0.2, 0.25) is 0 Å². The van der Waals surface area contributed by atoms with Crippen LogP contribution in [0.3, 0.4) is 0 Å². The third kappa shape index (κ3) is 3.76. The van der Waals surface area contributed by atoms with E-state index in [2.05, 4.69) is 22.8 Å². The molecule has 1 atom stereocenters. The van der Waals surface area contributed by atoms with E-state index >= 15 is 0 Å². The molecular weight excluding hydrogens is 354 g/mol. The summed E-state index contributed by atoms with van der Waals surface area (Å²) in [4.78, 5) is 37.9.